The quantitative estimate of drug-likeness (QED) is 0.593. The standard InChI is InChI=1S/C21H24/c1-5-9-16-10-12-18(13-11-16)21-15-14-17(6-2)19(7-3)20(21)8-4/h7-8,10-15H,3-6,9H2,1-2H3. The van der Waals surface area contributed by atoms with Crippen LogP contribution in [0.15, 0.2) is 49.6 Å². The van der Waals surface area contributed by atoms with Crippen molar-refractivity contribution in [3.05, 3.63) is 71.8 Å². The zero-order valence-corrected chi connectivity index (χ0v) is 13.2. The second kappa shape index (κ2) is 7.08. The molecule has 0 amide bonds. The summed E-state index contributed by atoms with van der Waals surface area (Å²) in [5.41, 5.74) is 7.60. The highest BCUT2D eigenvalue weighted by molar-refractivity contribution is 5.81. The molecule has 0 saturated heterocycles. The van der Waals surface area contributed by atoms with Crippen molar-refractivity contribution in [3.63, 3.8) is 0 Å². The third-order valence-electron chi connectivity index (χ3n) is 3.97. The van der Waals surface area contributed by atoms with Crippen molar-refractivity contribution in [1.82, 2.24) is 0 Å². The summed E-state index contributed by atoms with van der Waals surface area (Å²) in [5.74, 6) is 0. The summed E-state index contributed by atoms with van der Waals surface area (Å²) in [7, 11) is 0. The van der Waals surface area contributed by atoms with Crippen LogP contribution in [0.4, 0.5) is 0 Å². The molecule has 0 aromatic heterocycles. The Kier molecular flexibility index (Phi) is 5.16. The molecule has 0 N–H and O–H groups in total. The second-order valence-electron chi connectivity index (χ2n) is 5.31. The van der Waals surface area contributed by atoms with Crippen LogP contribution in [-0.4, -0.2) is 0 Å². The third-order valence-corrected chi connectivity index (χ3v) is 3.97. The van der Waals surface area contributed by atoms with Crippen molar-refractivity contribution in [2.24, 2.45) is 0 Å². The Labute approximate surface area is 128 Å². The minimum atomic E-state index is 1.01. The highest BCUT2D eigenvalue weighted by atomic mass is 14.1. The van der Waals surface area contributed by atoms with E-state index in [0.717, 1.165) is 12.8 Å². The Hall–Kier alpha value is -2.08. The van der Waals surface area contributed by atoms with E-state index in [0.29, 0.717) is 0 Å². The Morgan fingerprint density at radius 1 is 0.857 bits per heavy atom. The molecule has 0 radical (unpaired) electrons. The van der Waals surface area contributed by atoms with E-state index in [4.69, 9.17) is 0 Å². The van der Waals surface area contributed by atoms with Gasteiger partial charge in [0.15, 0.2) is 0 Å². The summed E-state index contributed by atoms with van der Waals surface area (Å²) in [4.78, 5) is 0. The molecule has 0 aliphatic carbocycles. The highest BCUT2D eigenvalue weighted by Gasteiger charge is 2.09. The summed E-state index contributed by atoms with van der Waals surface area (Å²) in [6, 6.07) is 13.3. The van der Waals surface area contributed by atoms with E-state index in [1.807, 2.05) is 12.2 Å². The molecule has 0 aliphatic rings. The largest absolute Gasteiger partial charge is 0.0984 e. The average molecular weight is 276 g/mol. The number of hydrogen-bond donors (Lipinski definition) is 0. The first-order valence-electron chi connectivity index (χ1n) is 7.75. The maximum Gasteiger partial charge on any atom is -0.0105 e. The van der Waals surface area contributed by atoms with Gasteiger partial charge in [-0.1, -0.05) is 82.0 Å². The number of hydrogen-bond acceptors (Lipinski definition) is 0. The fourth-order valence-corrected chi connectivity index (χ4v) is 2.84. The Morgan fingerprint density at radius 3 is 2.05 bits per heavy atom. The van der Waals surface area contributed by atoms with Gasteiger partial charge in [-0.05, 0) is 46.2 Å². The van der Waals surface area contributed by atoms with Crippen LogP contribution in [0, 0.1) is 0 Å². The van der Waals surface area contributed by atoms with Crippen molar-refractivity contribution >= 4 is 12.2 Å². The van der Waals surface area contributed by atoms with E-state index in [1.165, 1.54) is 39.8 Å². The first kappa shape index (κ1) is 15.3. The van der Waals surface area contributed by atoms with Gasteiger partial charge >= 0.3 is 0 Å². The minimum Gasteiger partial charge on any atom is -0.0984 e. The van der Waals surface area contributed by atoms with Crippen molar-refractivity contribution in [2.45, 2.75) is 33.1 Å². The molecule has 108 valence electrons. The number of rotatable bonds is 6. The summed E-state index contributed by atoms with van der Waals surface area (Å²) in [6.07, 6.45) is 7.23. The maximum atomic E-state index is 4.00. The van der Waals surface area contributed by atoms with E-state index >= 15 is 0 Å². The predicted molar refractivity (Wildman–Crippen MR) is 95.4 cm³/mol. The van der Waals surface area contributed by atoms with Crippen LogP contribution in [0.25, 0.3) is 23.3 Å². The molecular weight excluding hydrogens is 252 g/mol. The fourth-order valence-electron chi connectivity index (χ4n) is 2.84. The smallest absolute Gasteiger partial charge is 0.0105 e. The van der Waals surface area contributed by atoms with Gasteiger partial charge in [-0.2, -0.15) is 0 Å². The third kappa shape index (κ3) is 3.16. The minimum absolute atomic E-state index is 1.01. The first-order chi connectivity index (χ1) is 10.2. The van der Waals surface area contributed by atoms with Gasteiger partial charge in [-0.3, -0.25) is 0 Å². The van der Waals surface area contributed by atoms with E-state index in [1.54, 1.807) is 0 Å². The molecular formula is C21H24. The van der Waals surface area contributed by atoms with Gasteiger partial charge in [0.05, 0.1) is 0 Å². The molecule has 0 heterocycles. The van der Waals surface area contributed by atoms with E-state index < -0.39 is 0 Å². The molecule has 0 fully saturated rings. The van der Waals surface area contributed by atoms with Gasteiger partial charge in [0.25, 0.3) is 0 Å². The molecule has 0 saturated carbocycles. The summed E-state index contributed by atoms with van der Waals surface area (Å²) in [6.45, 7) is 12.4. The van der Waals surface area contributed by atoms with Gasteiger partial charge in [0.2, 0.25) is 0 Å². The van der Waals surface area contributed by atoms with Gasteiger partial charge in [-0.25, -0.2) is 0 Å². The van der Waals surface area contributed by atoms with Crippen LogP contribution in [-0.2, 0) is 12.8 Å². The van der Waals surface area contributed by atoms with Crippen LogP contribution in [0.1, 0.15) is 42.5 Å². The summed E-state index contributed by atoms with van der Waals surface area (Å²) >= 11 is 0. The van der Waals surface area contributed by atoms with Gasteiger partial charge in [0, 0.05) is 0 Å². The van der Waals surface area contributed by atoms with Crippen LogP contribution >= 0.6 is 0 Å². The lowest BCUT2D eigenvalue weighted by Gasteiger charge is -2.14. The topological polar surface area (TPSA) is 0 Å². The van der Waals surface area contributed by atoms with Gasteiger partial charge < -0.3 is 0 Å². The van der Waals surface area contributed by atoms with Crippen LogP contribution < -0.4 is 0 Å². The monoisotopic (exact) mass is 276 g/mol. The lowest BCUT2D eigenvalue weighted by molar-refractivity contribution is 0.922. The molecule has 0 aliphatic heterocycles. The van der Waals surface area contributed by atoms with Crippen molar-refractivity contribution in [2.75, 3.05) is 0 Å². The normalized spacial score (nSPS) is 10.4. The lowest BCUT2D eigenvalue weighted by atomic mass is 9.90. The van der Waals surface area contributed by atoms with E-state index in [-0.39, 0.29) is 0 Å². The molecule has 0 bridgehead atoms. The van der Waals surface area contributed by atoms with Gasteiger partial charge in [-0.15, -0.1) is 0 Å². The summed E-state index contributed by atoms with van der Waals surface area (Å²) in [5, 5.41) is 0. The first-order valence-corrected chi connectivity index (χ1v) is 7.75. The predicted octanol–water partition coefficient (Wildman–Crippen LogP) is 6.15. The molecule has 0 nitrogen and oxygen atoms in total. The molecule has 0 spiro atoms. The fraction of sp³-hybridized carbons (Fsp3) is 0.238. The van der Waals surface area contributed by atoms with E-state index in [9.17, 15) is 0 Å². The van der Waals surface area contributed by atoms with Crippen LogP contribution in [0.2, 0.25) is 0 Å². The Morgan fingerprint density at radius 2 is 1.52 bits per heavy atom. The van der Waals surface area contributed by atoms with Crippen LogP contribution in [0.5, 0.6) is 0 Å². The van der Waals surface area contributed by atoms with Crippen LogP contribution in [0.3, 0.4) is 0 Å². The number of aryl methyl sites for hydroxylation is 2. The molecule has 0 atom stereocenters. The molecule has 2 aromatic carbocycles. The van der Waals surface area contributed by atoms with Crippen molar-refractivity contribution in [1.29, 1.82) is 0 Å². The zero-order valence-electron chi connectivity index (χ0n) is 13.2. The van der Waals surface area contributed by atoms with Crippen molar-refractivity contribution in [3.8, 4) is 11.1 Å². The zero-order chi connectivity index (χ0) is 15.2. The Bertz CT molecular complexity index is 630. The van der Waals surface area contributed by atoms with E-state index in [2.05, 4.69) is 63.4 Å². The average Bonchev–Trinajstić information content (AvgIpc) is 2.54. The second-order valence-corrected chi connectivity index (χ2v) is 5.31. The molecule has 2 rings (SSSR count). The maximum absolute atomic E-state index is 4.00. The van der Waals surface area contributed by atoms with Crippen molar-refractivity contribution < 1.29 is 0 Å². The molecule has 0 unspecified atom stereocenters. The number of benzene rings is 2. The summed E-state index contributed by atoms with van der Waals surface area (Å²) < 4.78 is 0. The molecule has 0 heteroatoms. The SMILES string of the molecule is C=Cc1c(CC)ccc(-c2ccc(CCC)cc2)c1C=C. The lowest BCUT2D eigenvalue weighted by Crippen LogP contribution is -1.94. The molecule has 2 aromatic rings. The Balaban J connectivity index is 2.52. The molecule has 21 heavy (non-hydrogen) atoms. The van der Waals surface area contributed by atoms with Gasteiger partial charge in [0.1, 0.15) is 0 Å². The highest BCUT2D eigenvalue weighted by Crippen LogP contribution is 2.31.